The topological polar surface area (TPSA) is 48.7 Å². The molecule has 96 valence electrons. The van der Waals surface area contributed by atoms with E-state index in [1.54, 1.807) is 0 Å². The van der Waals surface area contributed by atoms with Gasteiger partial charge in [-0.05, 0) is 23.8 Å². The molecule has 1 aromatic heterocycles. The lowest BCUT2D eigenvalue weighted by molar-refractivity contribution is 0.465. The van der Waals surface area contributed by atoms with Crippen molar-refractivity contribution in [2.45, 2.75) is 31.8 Å². The van der Waals surface area contributed by atoms with Crippen molar-refractivity contribution in [3.05, 3.63) is 42.2 Å². The fourth-order valence-electron chi connectivity index (χ4n) is 2.92. The first-order chi connectivity index (χ1) is 9.38. The van der Waals surface area contributed by atoms with E-state index in [0.29, 0.717) is 6.04 Å². The molecule has 1 fully saturated rings. The summed E-state index contributed by atoms with van der Waals surface area (Å²) in [5.74, 6) is 0.169. The van der Waals surface area contributed by atoms with Crippen LogP contribution in [0.5, 0.6) is 0 Å². The normalized spacial score (nSPS) is 22.5. The van der Waals surface area contributed by atoms with Gasteiger partial charge >= 0.3 is 0 Å². The summed E-state index contributed by atoms with van der Waals surface area (Å²) in [5, 5.41) is 15.0. The van der Waals surface area contributed by atoms with Crippen LogP contribution in [-0.4, -0.2) is 11.0 Å². The molecule has 0 radical (unpaired) electrons. The Balaban J connectivity index is 1.77. The minimum absolute atomic E-state index is 0.169. The van der Waals surface area contributed by atoms with Gasteiger partial charge < -0.3 is 5.32 Å². The number of benzene rings is 1. The molecule has 2 atom stereocenters. The Kier molecular flexibility index (Phi) is 3.43. The zero-order valence-corrected chi connectivity index (χ0v) is 10.8. The van der Waals surface area contributed by atoms with Crippen LogP contribution < -0.4 is 5.32 Å². The van der Waals surface area contributed by atoms with Gasteiger partial charge in [-0.3, -0.25) is 4.98 Å². The van der Waals surface area contributed by atoms with Crippen molar-refractivity contribution in [1.29, 1.82) is 5.26 Å². The molecule has 3 nitrogen and oxygen atoms in total. The molecule has 2 aromatic rings. The summed E-state index contributed by atoms with van der Waals surface area (Å²) >= 11 is 0. The van der Waals surface area contributed by atoms with Crippen molar-refractivity contribution < 1.29 is 0 Å². The summed E-state index contributed by atoms with van der Waals surface area (Å²) in [7, 11) is 0. The summed E-state index contributed by atoms with van der Waals surface area (Å²) in [4.78, 5) is 4.29. The minimum Gasteiger partial charge on any atom is -0.309 e. The molecule has 1 saturated carbocycles. The maximum absolute atomic E-state index is 9.10. The number of nitrogens with zero attached hydrogens (tertiary/aromatic N) is 2. The fourth-order valence-corrected chi connectivity index (χ4v) is 2.92. The summed E-state index contributed by atoms with van der Waals surface area (Å²) in [5.41, 5.74) is 1.21. The van der Waals surface area contributed by atoms with Crippen LogP contribution in [0.4, 0.5) is 0 Å². The third kappa shape index (κ3) is 2.45. The van der Waals surface area contributed by atoms with Crippen LogP contribution in [0, 0.1) is 17.2 Å². The molecule has 0 aliphatic heterocycles. The highest BCUT2D eigenvalue weighted by Gasteiger charge is 2.26. The summed E-state index contributed by atoms with van der Waals surface area (Å²) in [6.45, 7) is 0.789. The lowest BCUT2D eigenvalue weighted by atomic mass is 10.0. The molecular formula is C16H17N3. The van der Waals surface area contributed by atoms with E-state index in [4.69, 9.17) is 5.26 Å². The van der Waals surface area contributed by atoms with E-state index in [0.717, 1.165) is 25.8 Å². The Morgan fingerprint density at radius 3 is 3.05 bits per heavy atom. The highest BCUT2D eigenvalue weighted by molar-refractivity contribution is 5.84. The third-order valence-corrected chi connectivity index (χ3v) is 3.99. The first-order valence-electron chi connectivity index (χ1n) is 6.83. The molecule has 2 unspecified atom stereocenters. The van der Waals surface area contributed by atoms with Crippen molar-refractivity contribution in [2.24, 2.45) is 5.92 Å². The average molecular weight is 251 g/mol. The molecule has 0 amide bonds. The Morgan fingerprint density at radius 2 is 2.16 bits per heavy atom. The third-order valence-electron chi connectivity index (χ3n) is 3.99. The zero-order valence-electron chi connectivity index (χ0n) is 10.8. The standard InChI is InChI=1S/C16H17N3/c17-8-12-5-3-7-16(12)19-11-14-10-18-9-13-4-1-2-6-15(13)14/h1-2,4,6,9-10,12,16,19H,3,5,7,11H2. The van der Waals surface area contributed by atoms with Gasteiger partial charge in [-0.25, -0.2) is 0 Å². The molecule has 1 aliphatic carbocycles. The lowest BCUT2D eigenvalue weighted by Crippen LogP contribution is -2.31. The van der Waals surface area contributed by atoms with Gasteiger partial charge in [0.2, 0.25) is 0 Å². The van der Waals surface area contributed by atoms with Gasteiger partial charge in [0.1, 0.15) is 0 Å². The number of hydrogen-bond donors (Lipinski definition) is 1. The van der Waals surface area contributed by atoms with Crippen molar-refractivity contribution in [3.8, 4) is 6.07 Å². The Bertz CT molecular complexity index is 609. The molecule has 1 aromatic carbocycles. The van der Waals surface area contributed by atoms with Crippen LogP contribution in [-0.2, 0) is 6.54 Å². The fraction of sp³-hybridized carbons (Fsp3) is 0.375. The number of hydrogen-bond acceptors (Lipinski definition) is 3. The molecule has 3 heteroatoms. The van der Waals surface area contributed by atoms with Crippen molar-refractivity contribution in [3.63, 3.8) is 0 Å². The second-order valence-corrected chi connectivity index (χ2v) is 5.17. The van der Waals surface area contributed by atoms with Crippen LogP contribution in [0.1, 0.15) is 24.8 Å². The lowest BCUT2D eigenvalue weighted by Gasteiger charge is -2.16. The van der Waals surface area contributed by atoms with Gasteiger partial charge in [0.05, 0.1) is 12.0 Å². The summed E-state index contributed by atoms with van der Waals surface area (Å²) in [6, 6.07) is 11.0. The van der Waals surface area contributed by atoms with Crippen LogP contribution in [0.25, 0.3) is 10.8 Å². The number of pyridine rings is 1. The molecule has 1 heterocycles. The van der Waals surface area contributed by atoms with Crippen molar-refractivity contribution in [2.75, 3.05) is 0 Å². The van der Waals surface area contributed by atoms with Gasteiger partial charge in [0.15, 0.2) is 0 Å². The largest absolute Gasteiger partial charge is 0.309 e. The van der Waals surface area contributed by atoms with Gasteiger partial charge in [0, 0.05) is 30.4 Å². The molecular weight excluding hydrogens is 234 g/mol. The van der Waals surface area contributed by atoms with E-state index in [9.17, 15) is 0 Å². The second kappa shape index (κ2) is 5.38. The molecule has 1 aliphatic rings. The predicted molar refractivity (Wildman–Crippen MR) is 75.3 cm³/mol. The molecule has 0 spiro atoms. The second-order valence-electron chi connectivity index (χ2n) is 5.17. The quantitative estimate of drug-likeness (QED) is 0.912. The van der Waals surface area contributed by atoms with E-state index in [1.807, 2.05) is 18.5 Å². The Hall–Kier alpha value is -1.92. The van der Waals surface area contributed by atoms with Crippen LogP contribution >= 0.6 is 0 Å². The molecule has 1 N–H and O–H groups in total. The van der Waals surface area contributed by atoms with Crippen molar-refractivity contribution >= 4 is 10.8 Å². The molecule has 19 heavy (non-hydrogen) atoms. The number of nitrogens with one attached hydrogen (secondary N) is 1. The number of aromatic nitrogens is 1. The number of fused-ring (bicyclic) bond motifs is 1. The van der Waals surface area contributed by atoms with E-state index in [1.165, 1.54) is 16.3 Å². The zero-order chi connectivity index (χ0) is 13.1. The first-order valence-corrected chi connectivity index (χ1v) is 6.83. The van der Waals surface area contributed by atoms with Gasteiger partial charge in [-0.1, -0.05) is 30.7 Å². The maximum atomic E-state index is 9.10. The first kappa shape index (κ1) is 12.1. The SMILES string of the molecule is N#CC1CCCC1NCc1cncc2ccccc12. The Morgan fingerprint density at radius 1 is 1.26 bits per heavy atom. The van der Waals surface area contributed by atoms with Gasteiger partial charge in [-0.15, -0.1) is 0 Å². The number of rotatable bonds is 3. The summed E-state index contributed by atoms with van der Waals surface area (Å²) in [6.07, 6.45) is 7.11. The maximum Gasteiger partial charge on any atom is 0.0672 e. The van der Waals surface area contributed by atoms with Crippen LogP contribution in [0.2, 0.25) is 0 Å². The van der Waals surface area contributed by atoms with E-state index >= 15 is 0 Å². The van der Waals surface area contributed by atoms with Crippen LogP contribution in [0.3, 0.4) is 0 Å². The molecule has 3 rings (SSSR count). The number of nitriles is 1. The van der Waals surface area contributed by atoms with Crippen LogP contribution in [0.15, 0.2) is 36.7 Å². The monoisotopic (exact) mass is 251 g/mol. The molecule has 0 bridgehead atoms. The van der Waals surface area contributed by atoms with E-state index in [-0.39, 0.29) is 5.92 Å². The molecule has 0 saturated heterocycles. The smallest absolute Gasteiger partial charge is 0.0672 e. The van der Waals surface area contributed by atoms with E-state index in [2.05, 4.69) is 34.6 Å². The highest BCUT2D eigenvalue weighted by atomic mass is 14.9. The summed E-state index contributed by atoms with van der Waals surface area (Å²) < 4.78 is 0. The van der Waals surface area contributed by atoms with Gasteiger partial charge in [0.25, 0.3) is 0 Å². The average Bonchev–Trinajstić information content (AvgIpc) is 2.92. The van der Waals surface area contributed by atoms with E-state index < -0.39 is 0 Å². The van der Waals surface area contributed by atoms with Crippen molar-refractivity contribution in [1.82, 2.24) is 10.3 Å². The van der Waals surface area contributed by atoms with Gasteiger partial charge in [-0.2, -0.15) is 5.26 Å². The highest BCUT2D eigenvalue weighted by Crippen LogP contribution is 2.25. The Labute approximate surface area is 113 Å². The minimum atomic E-state index is 0.169. The predicted octanol–water partition coefficient (Wildman–Crippen LogP) is 3.02.